The molecule has 4 heteroatoms. The second-order valence-electron chi connectivity index (χ2n) is 3.19. The van der Waals surface area contributed by atoms with E-state index in [1.165, 1.54) is 11.8 Å². The molecular weight excluding hydrogens is 190 g/mol. The Bertz CT molecular complexity index is 454. The highest BCUT2D eigenvalue weighted by atomic mass is 16.5. The molecule has 0 bridgehead atoms. The molecular formula is C11H11N3O. The summed E-state index contributed by atoms with van der Waals surface area (Å²) in [6, 6.07) is 7.95. The van der Waals surface area contributed by atoms with Crippen LogP contribution in [-0.2, 0) is 0 Å². The van der Waals surface area contributed by atoms with Crippen molar-refractivity contribution in [3.8, 4) is 17.3 Å². The van der Waals surface area contributed by atoms with E-state index in [0.717, 1.165) is 5.56 Å². The molecule has 0 unspecified atom stereocenters. The number of rotatable bonds is 2. The van der Waals surface area contributed by atoms with Crippen molar-refractivity contribution in [3.63, 3.8) is 0 Å². The molecule has 0 atom stereocenters. The number of aromatic nitrogens is 3. The fraction of sp³-hybridized carbons (Fsp3) is 0.182. The Morgan fingerprint density at radius 2 is 1.87 bits per heavy atom. The minimum absolute atomic E-state index is 0.473. The van der Waals surface area contributed by atoms with Gasteiger partial charge < -0.3 is 4.74 Å². The van der Waals surface area contributed by atoms with E-state index in [0.29, 0.717) is 11.7 Å². The van der Waals surface area contributed by atoms with Gasteiger partial charge in [-0.25, -0.2) is 0 Å². The lowest BCUT2D eigenvalue weighted by Gasteiger charge is -2.01. The average Bonchev–Trinajstić information content (AvgIpc) is 2.30. The highest BCUT2D eigenvalue weighted by Gasteiger charge is 2.02. The first kappa shape index (κ1) is 9.58. The van der Waals surface area contributed by atoms with Gasteiger partial charge in [-0.15, -0.1) is 5.10 Å². The summed E-state index contributed by atoms with van der Waals surface area (Å²) in [7, 11) is 1.56. The molecule has 2 rings (SSSR count). The molecule has 0 spiro atoms. The molecule has 0 radical (unpaired) electrons. The average molecular weight is 201 g/mol. The number of hydrogen-bond donors (Lipinski definition) is 0. The minimum Gasteiger partial charge on any atom is -0.480 e. The van der Waals surface area contributed by atoms with Gasteiger partial charge in [-0.3, -0.25) is 0 Å². The van der Waals surface area contributed by atoms with Crippen LogP contribution in [0.2, 0.25) is 0 Å². The van der Waals surface area contributed by atoms with Crippen molar-refractivity contribution in [3.05, 3.63) is 36.0 Å². The highest BCUT2D eigenvalue weighted by molar-refractivity contribution is 5.54. The topological polar surface area (TPSA) is 47.9 Å². The summed E-state index contributed by atoms with van der Waals surface area (Å²) in [4.78, 5) is 4.20. The maximum absolute atomic E-state index is 4.99. The van der Waals surface area contributed by atoms with Crippen LogP contribution < -0.4 is 4.74 Å². The summed E-state index contributed by atoms with van der Waals surface area (Å²) in [5, 5.41) is 7.76. The zero-order chi connectivity index (χ0) is 10.7. The largest absolute Gasteiger partial charge is 0.480 e. The molecule has 0 saturated heterocycles. The molecule has 0 saturated carbocycles. The third kappa shape index (κ3) is 2.10. The monoisotopic (exact) mass is 201 g/mol. The number of benzene rings is 1. The zero-order valence-corrected chi connectivity index (χ0v) is 8.64. The van der Waals surface area contributed by atoms with Crippen LogP contribution in [0.3, 0.4) is 0 Å². The molecule has 1 aromatic heterocycles. The van der Waals surface area contributed by atoms with E-state index in [1.54, 1.807) is 7.11 Å². The van der Waals surface area contributed by atoms with Crippen LogP contribution in [-0.4, -0.2) is 22.3 Å². The van der Waals surface area contributed by atoms with Crippen molar-refractivity contribution in [2.75, 3.05) is 7.11 Å². The van der Waals surface area contributed by atoms with Crippen LogP contribution in [0.25, 0.3) is 11.4 Å². The van der Waals surface area contributed by atoms with E-state index in [9.17, 15) is 0 Å². The second-order valence-corrected chi connectivity index (χ2v) is 3.19. The third-order valence-corrected chi connectivity index (χ3v) is 2.06. The predicted molar refractivity (Wildman–Crippen MR) is 56.6 cm³/mol. The Morgan fingerprint density at radius 1 is 1.13 bits per heavy atom. The molecule has 0 N–H and O–H groups in total. The van der Waals surface area contributed by atoms with Crippen molar-refractivity contribution < 1.29 is 4.74 Å². The van der Waals surface area contributed by atoms with Crippen LogP contribution in [0, 0.1) is 6.92 Å². The fourth-order valence-corrected chi connectivity index (χ4v) is 1.21. The van der Waals surface area contributed by atoms with Crippen molar-refractivity contribution in [2.24, 2.45) is 0 Å². The summed E-state index contributed by atoms with van der Waals surface area (Å²) >= 11 is 0. The van der Waals surface area contributed by atoms with E-state index < -0.39 is 0 Å². The van der Waals surface area contributed by atoms with Gasteiger partial charge in [0.25, 0.3) is 0 Å². The second kappa shape index (κ2) is 4.04. The number of hydrogen-bond acceptors (Lipinski definition) is 4. The van der Waals surface area contributed by atoms with Gasteiger partial charge in [0, 0.05) is 5.56 Å². The van der Waals surface area contributed by atoms with Gasteiger partial charge in [0.15, 0.2) is 5.82 Å². The van der Waals surface area contributed by atoms with E-state index in [4.69, 9.17) is 4.74 Å². The predicted octanol–water partition coefficient (Wildman–Crippen LogP) is 1.86. The van der Waals surface area contributed by atoms with Crippen LogP contribution in [0.15, 0.2) is 30.5 Å². The van der Waals surface area contributed by atoms with Gasteiger partial charge in [0.1, 0.15) is 6.20 Å². The van der Waals surface area contributed by atoms with E-state index in [2.05, 4.69) is 15.2 Å². The molecule has 2 aromatic rings. The Balaban J connectivity index is 2.40. The van der Waals surface area contributed by atoms with Crippen LogP contribution >= 0.6 is 0 Å². The summed E-state index contributed by atoms with van der Waals surface area (Å²) in [5.74, 6) is 1.05. The number of aryl methyl sites for hydroxylation is 1. The van der Waals surface area contributed by atoms with Crippen molar-refractivity contribution in [1.82, 2.24) is 15.2 Å². The molecule has 76 valence electrons. The summed E-state index contributed by atoms with van der Waals surface area (Å²) < 4.78 is 4.99. The summed E-state index contributed by atoms with van der Waals surface area (Å²) in [6.07, 6.45) is 1.48. The number of nitrogens with zero attached hydrogens (tertiary/aromatic N) is 3. The Morgan fingerprint density at radius 3 is 2.53 bits per heavy atom. The standard InChI is InChI=1S/C11H11N3O/c1-8-3-5-9(6-4-8)11-13-10(15-2)7-12-14-11/h3-7H,1-2H3. The maximum atomic E-state index is 4.99. The fourth-order valence-electron chi connectivity index (χ4n) is 1.21. The minimum atomic E-state index is 0.473. The number of ether oxygens (including phenoxy) is 1. The van der Waals surface area contributed by atoms with Crippen molar-refractivity contribution >= 4 is 0 Å². The quantitative estimate of drug-likeness (QED) is 0.744. The Kier molecular flexibility index (Phi) is 2.58. The molecule has 0 aliphatic rings. The Hall–Kier alpha value is -1.97. The maximum Gasteiger partial charge on any atom is 0.236 e. The molecule has 15 heavy (non-hydrogen) atoms. The van der Waals surface area contributed by atoms with E-state index in [1.807, 2.05) is 31.2 Å². The molecule has 0 amide bonds. The zero-order valence-electron chi connectivity index (χ0n) is 8.64. The summed E-state index contributed by atoms with van der Waals surface area (Å²) in [6.45, 7) is 2.04. The van der Waals surface area contributed by atoms with Gasteiger partial charge in [-0.05, 0) is 6.92 Å². The lowest BCUT2D eigenvalue weighted by molar-refractivity contribution is 0.394. The van der Waals surface area contributed by atoms with Gasteiger partial charge in [-0.2, -0.15) is 10.1 Å². The summed E-state index contributed by atoms with van der Waals surface area (Å²) in [5.41, 5.74) is 2.14. The van der Waals surface area contributed by atoms with Crippen LogP contribution in [0.5, 0.6) is 5.88 Å². The lowest BCUT2D eigenvalue weighted by Crippen LogP contribution is -1.95. The SMILES string of the molecule is COc1cnnc(-c2ccc(C)cc2)n1. The molecule has 0 aliphatic carbocycles. The Labute approximate surface area is 88.0 Å². The van der Waals surface area contributed by atoms with E-state index >= 15 is 0 Å². The van der Waals surface area contributed by atoms with Crippen molar-refractivity contribution in [2.45, 2.75) is 6.92 Å². The first-order chi connectivity index (χ1) is 7.29. The van der Waals surface area contributed by atoms with Gasteiger partial charge in [0.05, 0.1) is 7.11 Å². The van der Waals surface area contributed by atoms with Gasteiger partial charge in [0.2, 0.25) is 5.88 Å². The molecule has 0 fully saturated rings. The third-order valence-electron chi connectivity index (χ3n) is 2.06. The van der Waals surface area contributed by atoms with Crippen LogP contribution in [0.4, 0.5) is 0 Å². The number of methoxy groups -OCH3 is 1. The van der Waals surface area contributed by atoms with Crippen molar-refractivity contribution in [1.29, 1.82) is 0 Å². The van der Waals surface area contributed by atoms with Crippen LogP contribution in [0.1, 0.15) is 5.56 Å². The molecule has 4 nitrogen and oxygen atoms in total. The van der Waals surface area contributed by atoms with Gasteiger partial charge >= 0.3 is 0 Å². The molecule has 1 aromatic carbocycles. The smallest absolute Gasteiger partial charge is 0.236 e. The first-order valence-electron chi connectivity index (χ1n) is 4.60. The normalized spacial score (nSPS) is 10.0. The van der Waals surface area contributed by atoms with Gasteiger partial charge in [-0.1, -0.05) is 29.8 Å². The van der Waals surface area contributed by atoms with E-state index in [-0.39, 0.29) is 0 Å². The first-order valence-corrected chi connectivity index (χ1v) is 4.60. The molecule has 1 heterocycles. The molecule has 0 aliphatic heterocycles. The lowest BCUT2D eigenvalue weighted by atomic mass is 10.1. The highest BCUT2D eigenvalue weighted by Crippen LogP contribution is 2.16.